The summed E-state index contributed by atoms with van der Waals surface area (Å²) in [6.45, 7) is 5.51. The molecular weight excluding hydrogens is 415 g/mol. The number of aliphatic imine (C=N–C) groups is 1. The molecule has 0 bridgehead atoms. The average molecular weight is 450 g/mol. The molecule has 2 saturated carbocycles. The van der Waals surface area contributed by atoms with E-state index in [-0.39, 0.29) is 24.0 Å². The van der Waals surface area contributed by atoms with Gasteiger partial charge in [-0.05, 0) is 56.4 Å². The van der Waals surface area contributed by atoms with Crippen molar-refractivity contribution < 1.29 is 4.74 Å². The molecule has 0 aromatic carbocycles. The van der Waals surface area contributed by atoms with E-state index in [2.05, 4.69) is 20.5 Å². The summed E-state index contributed by atoms with van der Waals surface area (Å²) >= 11 is 0. The number of nitrogens with one attached hydrogen (secondary N) is 2. The van der Waals surface area contributed by atoms with Gasteiger partial charge in [0.2, 0.25) is 0 Å². The third-order valence-corrected chi connectivity index (χ3v) is 6.04. The number of guanidine groups is 1. The molecule has 1 unspecified atom stereocenters. The number of hydrogen-bond donors (Lipinski definition) is 2. The van der Waals surface area contributed by atoms with Crippen LogP contribution in [0.25, 0.3) is 0 Å². The first-order chi connectivity index (χ1) is 11.2. The molecule has 1 aliphatic heterocycles. The fraction of sp³-hybridized carbons (Fsp3) is 0.944. The molecule has 0 spiro atoms. The Hall–Kier alpha value is -0.0800. The van der Waals surface area contributed by atoms with Crippen LogP contribution in [-0.2, 0) is 4.74 Å². The molecule has 2 aliphatic carbocycles. The van der Waals surface area contributed by atoms with E-state index >= 15 is 0 Å². The molecular formula is C18H35IN4O. The van der Waals surface area contributed by atoms with Crippen molar-refractivity contribution >= 4 is 29.9 Å². The number of halogens is 1. The smallest absolute Gasteiger partial charge is 0.191 e. The van der Waals surface area contributed by atoms with E-state index in [1.165, 1.54) is 51.6 Å². The van der Waals surface area contributed by atoms with Crippen LogP contribution in [0, 0.1) is 11.3 Å². The van der Waals surface area contributed by atoms with Gasteiger partial charge < -0.3 is 20.3 Å². The van der Waals surface area contributed by atoms with Crippen LogP contribution in [0.5, 0.6) is 0 Å². The molecule has 140 valence electrons. The van der Waals surface area contributed by atoms with Crippen molar-refractivity contribution in [1.82, 2.24) is 15.5 Å². The molecule has 0 aromatic heterocycles. The summed E-state index contributed by atoms with van der Waals surface area (Å²) in [4.78, 5) is 7.08. The van der Waals surface area contributed by atoms with Gasteiger partial charge in [-0.25, -0.2) is 0 Å². The summed E-state index contributed by atoms with van der Waals surface area (Å²) < 4.78 is 5.28. The van der Waals surface area contributed by atoms with Crippen LogP contribution >= 0.6 is 24.0 Å². The Morgan fingerprint density at radius 3 is 2.62 bits per heavy atom. The van der Waals surface area contributed by atoms with Crippen molar-refractivity contribution in [2.75, 3.05) is 46.9 Å². The highest BCUT2D eigenvalue weighted by molar-refractivity contribution is 14.0. The van der Waals surface area contributed by atoms with E-state index in [0.29, 0.717) is 5.41 Å². The molecule has 5 nitrogen and oxygen atoms in total. The van der Waals surface area contributed by atoms with Gasteiger partial charge >= 0.3 is 0 Å². The first-order valence-corrected chi connectivity index (χ1v) is 9.42. The number of ether oxygens (including phenoxy) is 1. The second-order valence-electron chi connectivity index (χ2n) is 7.78. The first kappa shape index (κ1) is 20.2. The summed E-state index contributed by atoms with van der Waals surface area (Å²) in [7, 11) is 3.68. The van der Waals surface area contributed by atoms with Crippen LogP contribution in [-0.4, -0.2) is 63.8 Å². The standard InChI is InChI=1S/C18H34N4O.HI/c1-19-17(21-14-18(7-3-8-18)9-11-23-2)20-12-15-6-10-22(13-15)16-4-5-16;/h15-16H,3-14H2,1-2H3,(H2,19,20,21);1H. The van der Waals surface area contributed by atoms with Crippen LogP contribution < -0.4 is 10.6 Å². The molecule has 1 saturated heterocycles. The predicted molar refractivity (Wildman–Crippen MR) is 110 cm³/mol. The molecule has 2 N–H and O–H groups in total. The van der Waals surface area contributed by atoms with Gasteiger partial charge in [0.25, 0.3) is 0 Å². The van der Waals surface area contributed by atoms with Gasteiger partial charge in [-0.2, -0.15) is 0 Å². The zero-order valence-electron chi connectivity index (χ0n) is 15.4. The third-order valence-electron chi connectivity index (χ3n) is 6.04. The van der Waals surface area contributed by atoms with Crippen molar-refractivity contribution in [1.29, 1.82) is 0 Å². The summed E-state index contributed by atoms with van der Waals surface area (Å²) in [5.74, 6) is 1.75. The molecule has 0 amide bonds. The Kier molecular flexibility index (Phi) is 8.07. The van der Waals surface area contributed by atoms with Crippen LogP contribution in [0.2, 0.25) is 0 Å². The highest BCUT2D eigenvalue weighted by Crippen LogP contribution is 2.43. The Balaban J connectivity index is 0.00000208. The minimum Gasteiger partial charge on any atom is -0.385 e. The quantitative estimate of drug-likeness (QED) is 0.339. The summed E-state index contributed by atoms with van der Waals surface area (Å²) in [5.41, 5.74) is 0.434. The Morgan fingerprint density at radius 1 is 1.25 bits per heavy atom. The Labute approximate surface area is 164 Å². The minimum atomic E-state index is 0. The monoisotopic (exact) mass is 450 g/mol. The number of methoxy groups -OCH3 is 1. The Bertz CT molecular complexity index is 410. The molecule has 24 heavy (non-hydrogen) atoms. The van der Waals surface area contributed by atoms with Crippen LogP contribution in [0.1, 0.15) is 44.9 Å². The lowest BCUT2D eigenvalue weighted by atomic mass is 9.67. The SMILES string of the molecule is CN=C(NCC1CCN(C2CC2)C1)NCC1(CCOC)CCC1.I. The van der Waals surface area contributed by atoms with E-state index in [1.54, 1.807) is 7.11 Å². The average Bonchev–Trinajstić information content (AvgIpc) is 3.28. The van der Waals surface area contributed by atoms with Gasteiger partial charge in [-0.15, -0.1) is 24.0 Å². The van der Waals surface area contributed by atoms with Crippen LogP contribution in [0.3, 0.4) is 0 Å². The molecule has 1 atom stereocenters. The van der Waals surface area contributed by atoms with E-state index in [4.69, 9.17) is 4.74 Å². The molecule has 0 aromatic rings. The number of nitrogens with zero attached hydrogens (tertiary/aromatic N) is 2. The fourth-order valence-corrected chi connectivity index (χ4v) is 4.04. The second kappa shape index (κ2) is 9.57. The van der Waals surface area contributed by atoms with Gasteiger partial charge in [0, 0.05) is 46.4 Å². The van der Waals surface area contributed by atoms with E-state index in [0.717, 1.165) is 44.0 Å². The molecule has 6 heteroatoms. The molecule has 3 aliphatic rings. The summed E-state index contributed by atoms with van der Waals surface area (Å²) in [6.07, 6.45) is 9.33. The van der Waals surface area contributed by atoms with E-state index < -0.39 is 0 Å². The molecule has 3 rings (SSSR count). The zero-order valence-corrected chi connectivity index (χ0v) is 17.7. The lowest BCUT2D eigenvalue weighted by Gasteiger charge is -2.42. The second-order valence-corrected chi connectivity index (χ2v) is 7.78. The maximum atomic E-state index is 5.28. The number of likely N-dealkylation sites (tertiary alicyclic amines) is 1. The normalized spacial score (nSPS) is 26.6. The maximum absolute atomic E-state index is 5.28. The first-order valence-electron chi connectivity index (χ1n) is 9.42. The van der Waals surface area contributed by atoms with Crippen molar-refractivity contribution in [3.8, 4) is 0 Å². The summed E-state index contributed by atoms with van der Waals surface area (Å²) in [5, 5.41) is 7.11. The van der Waals surface area contributed by atoms with Crippen molar-refractivity contribution in [3.63, 3.8) is 0 Å². The molecule has 0 radical (unpaired) electrons. The van der Waals surface area contributed by atoms with Crippen molar-refractivity contribution in [2.45, 2.75) is 51.0 Å². The largest absolute Gasteiger partial charge is 0.385 e. The predicted octanol–water partition coefficient (Wildman–Crippen LogP) is 2.46. The fourth-order valence-electron chi connectivity index (χ4n) is 4.04. The van der Waals surface area contributed by atoms with Gasteiger partial charge in [0.15, 0.2) is 5.96 Å². The van der Waals surface area contributed by atoms with Crippen molar-refractivity contribution in [2.24, 2.45) is 16.3 Å². The topological polar surface area (TPSA) is 48.9 Å². The molecule has 3 fully saturated rings. The summed E-state index contributed by atoms with van der Waals surface area (Å²) in [6, 6.07) is 0.914. The molecule has 1 heterocycles. The highest BCUT2D eigenvalue weighted by Gasteiger charge is 2.37. The van der Waals surface area contributed by atoms with Crippen LogP contribution in [0.4, 0.5) is 0 Å². The van der Waals surface area contributed by atoms with Crippen LogP contribution in [0.15, 0.2) is 4.99 Å². The maximum Gasteiger partial charge on any atom is 0.191 e. The van der Waals surface area contributed by atoms with Gasteiger partial charge in [-0.3, -0.25) is 4.99 Å². The third kappa shape index (κ3) is 5.46. The number of rotatable bonds is 8. The lowest BCUT2D eigenvalue weighted by molar-refractivity contribution is 0.0732. The highest BCUT2D eigenvalue weighted by atomic mass is 127. The number of hydrogen-bond acceptors (Lipinski definition) is 3. The van der Waals surface area contributed by atoms with E-state index in [9.17, 15) is 0 Å². The zero-order chi connectivity index (χ0) is 16.1. The van der Waals surface area contributed by atoms with Crippen molar-refractivity contribution in [3.05, 3.63) is 0 Å². The lowest BCUT2D eigenvalue weighted by Crippen LogP contribution is -2.47. The van der Waals surface area contributed by atoms with Gasteiger partial charge in [0.1, 0.15) is 0 Å². The van der Waals surface area contributed by atoms with Gasteiger partial charge in [0.05, 0.1) is 0 Å². The minimum absolute atomic E-state index is 0. The van der Waals surface area contributed by atoms with Gasteiger partial charge in [-0.1, -0.05) is 6.42 Å². The Morgan fingerprint density at radius 2 is 2.04 bits per heavy atom. The van der Waals surface area contributed by atoms with E-state index in [1.807, 2.05) is 7.05 Å².